The van der Waals surface area contributed by atoms with Gasteiger partial charge in [0, 0.05) is 0 Å². The molecule has 2 rings (SSSR count). The molecule has 0 spiro atoms. The van der Waals surface area contributed by atoms with Gasteiger partial charge in [0.25, 0.3) is 0 Å². The van der Waals surface area contributed by atoms with Gasteiger partial charge < -0.3 is 19.5 Å². The highest BCUT2D eigenvalue weighted by Gasteiger charge is 2.28. The van der Waals surface area contributed by atoms with Gasteiger partial charge in [0.15, 0.2) is 0 Å². The molecule has 0 fully saturated rings. The number of amides is 2. The summed E-state index contributed by atoms with van der Waals surface area (Å²) in [4.78, 5) is 23.5. The molecule has 18 heavy (non-hydrogen) atoms. The molecule has 1 radical (unpaired) electrons. The lowest BCUT2D eigenvalue weighted by Gasteiger charge is -2.16. The number of rotatable bonds is 1. The van der Waals surface area contributed by atoms with Gasteiger partial charge in [-0.25, -0.2) is 9.59 Å². The zero-order chi connectivity index (χ0) is 13.7. The Morgan fingerprint density at radius 2 is 1.44 bits per heavy atom. The average Bonchev–Trinajstić information content (AvgIpc) is 2.97. The summed E-state index contributed by atoms with van der Waals surface area (Å²) in [5.41, 5.74) is 2.53. The van der Waals surface area contributed by atoms with Crippen LogP contribution in [0.1, 0.15) is 0 Å². The lowest BCUT2D eigenvalue weighted by Crippen LogP contribution is -2.36. The molecule has 7 nitrogen and oxygen atoms in total. The number of fused-ring (bicyclic) bond motifs is 1. The minimum absolute atomic E-state index is 0. The fourth-order valence-corrected chi connectivity index (χ4v) is 1.34. The Morgan fingerprint density at radius 1 is 1.06 bits per heavy atom. The minimum atomic E-state index is -0.758. The third kappa shape index (κ3) is 2.99. The van der Waals surface area contributed by atoms with Gasteiger partial charge in [-0.2, -0.15) is 4.90 Å². The molecule has 2 amide bonds. The molecule has 0 aromatic carbocycles. The molecule has 2 aliphatic carbocycles. The molecule has 0 atom stereocenters. The standard InChI is InChI=1S/C10H9NO4.BH2O2/c1-14-9(12)11(10(13)15-2)8-4-6-3-7(6)5-8;2-1-3/h3-5H,1-2H3;2-3H. The van der Waals surface area contributed by atoms with E-state index in [1.165, 1.54) is 14.2 Å². The summed E-state index contributed by atoms with van der Waals surface area (Å²) < 4.78 is 8.99. The summed E-state index contributed by atoms with van der Waals surface area (Å²) in [6.07, 6.45) is -1.52. The molecule has 95 valence electrons. The summed E-state index contributed by atoms with van der Waals surface area (Å²) >= 11 is 0. The number of anilines is 1. The minimum Gasteiger partial charge on any atom is -0.452 e. The number of methoxy groups -OCH3 is 2. The van der Waals surface area contributed by atoms with Crippen molar-refractivity contribution in [3.63, 3.8) is 0 Å². The van der Waals surface area contributed by atoms with Gasteiger partial charge in [-0.3, -0.25) is 0 Å². The molecule has 0 bridgehead atoms. The second-order valence-corrected chi connectivity index (χ2v) is 3.16. The number of hydrogen-bond donors (Lipinski definition) is 2. The van der Waals surface area contributed by atoms with E-state index in [0.29, 0.717) is 5.69 Å². The van der Waals surface area contributed by atoms with E-state index in [0.717, 1.165) is 16.0 Å². The number of imide groups is 1. The van der Waals surface area contributed by atoms with E-state index in [2.05, 4.69) is 9.47 Å². The highest BCUT2D eigenvalue weighted by Crippen LogP contribution is 2.40. The third-order valence-corrected chi connectivity index (χ3v) is 2.14. The second-order valence-electron chi connectivity index (χ2n) is 3.16. The van der Waals surface area contributed by atoms with Gasteiger partial charge in [-0.1, -0.05) is 0 Å². The van der Waals surface area contributed by atoms with Crippen molar-refractivity contribution in [2.45, 2.75) is 0 Å². The van der Waals surface area contributed by atoms with Crippen molar-refractivity contribution in [2.24, 2.45) is 0 Å². The third-order valence-electron chi connectivity index (χ3n) is 2.14. The van der Waals surface area contributed by atoms with Crippen LogP contribution in [0.5, 0.6) is 0 Å². The molecule has 0 saturated carbocycles. The predicted molar refractivity (Wildman–Crippen MR) is 62.9 cm³/mol. The van der Waals surface area contributed by atoms with Gasteiger partial charge in [-0.05, 0) is 29.3 Å². The lowest BCUT2D eigenvalue weighted by molar-refractivity contribution is 0.159. The Hall–Kier alpha value is -2.06. The maximum Gasteiger partial charge on any atom is 0.482 e. The van der Waals surface area contributed by atoms with Crippen LogP contribution in [-0.4, -0.2) is 44.1 Å². The van der Waals surface area contributed by atoms with Gasteiger partial charge in [0.1, 0.15) is 0 Å². The fourth-order valence-electron chi connectivity index (χ4n) is 1.34. The monoisotopic (exact) mass is 252 g/mol. The molecular formula is C10H11BNO6. The highest BCUT2D eigenvalue weighted by molar-refractivity contribution is 6.13. The van der Waals surface area contributed by atoms with Crippen LogP contribution in [0.4, 0.5) is 15.3 Å². The van der Waals surface area contributed by atoms with Crippen molar-refractivity contribution in [3.05, 3.63) is 18.2 Å². The van der Waals surface area contributed by atoms with Crippen LogP contribution in [0.3, 0.4) is 0 Å². The Morgan fingerprint density at radius 3 is 1.78 bits per heavy atom. The summed E-state index contributed by atoms with van der Waals surface area (Å²) in [6, 6.07) is 5.39. The van der Waals surface area contributed by atoms with Gasteiger partial charge in [-0.15, -0.1) is 0 Å². The highest BCUT2D eigenvalue weighted by atomic mass is 16.6. The molecule has 2 N–H and O–H groups in total. The molecule has 0 aromatic heterocycles. The topological polar surface area (TPSA) is 96.3 Å². The number of carbonyl (C=O) groups excluding carboxylic acids is 2. The van der Waals surface area contributed by atoms with Gasteiger partial charge in [0.2, 0.25) is 0 Å². The number of ether oxygens (including phenoxy) is 2. The van der Waals surface area contributed by atoms with Crippen LogP contribution in [0.2, 0.25) is 0 Å². The summed E-state index contributed by atoms with van der Waals surface area (Å²) in [5.74, 6) is 0. The van der Waals surface area contributed by atoms with Crippen LogP contribution in [0.15, 0.2) is 18.2 Å². The Kier molecular flexibility index (Phi) is 4.70. The first-order valence-electron chi connectivity index (χ1n) is 4.80. The van der Waals surface area contributed by atoms with Gasteiger partial charge >= 0.3 is 19.9 Å². The second kappa shape index (κ2) is 6.03. The smallest absolute Gasteiger partial charge is 0.452 e. The lowest BCUT2D eigenvalue weighted by atomic mass is 10.4. The van der Waals surface area contributed by atoms with Crippen molar-refractivity contribution in [3.8, 4) is 11.1 Å². The average molecular weight is 252 g/mol. The molecular weight excluding hydrogens is 241 g/mol. The van der Waals surface area contributed by atoms with E-state index in [1.54, 1.807) is 12.1 Å². The van der Waals surface area contributed by atoms with Crippen molar-refractivity contribution in [1.29, 1.82) is 0 Å². The summed E-state index contributed by atoms with van der Waals surface area (Å²) in [6.45, 7) is 0. The first-order valence-corrected chi connectivity index (χ1v) is 4.80. The maximum atomic E-state index is 11.3. The largest absolute Gasteiger partial charge is 0.482 e. The van der Waals surface area contributed by atoms with Crippen LogP contribution in [0, 0.1) is 0 Å². The summed E-state index contributed by atoms with van der Waals surface area (Å²) in [5, 5.41) is 14.0. The van der Waals surface area contributed by atoms with Crippen molar-refractivity contribution < 1.29 is 29.1 Å². The van der Waals surface area contributed by atoms with E-state index in [9.17, 15) is 9.59 Å². The molecule has 2 aliphatic rings. The van der Waals surface area contributed by atoms with Crippen LogP contribution < -0.4 is 4.90 Å². The molecule has 0 saturated heterocycles. The van der Waals surface area contributed by atoms with Crippen LogP contribution in [-0.2, 0) is 9.47 Å². The maximum absolute atomic E-state index is 11.3. The quantitative estimate of drug-likeness (QED) is 0.718. The number of nitrogens with zero attached hydrogens (tertiary/aromatic N) is 1. The molecule has 0 aliphatic heterocycles. The van der Waals surface area contributed by atoms with Crippen molar-refractivity contribution >= 4 is 25.6 Å². The van der Waals surface area contributed by atoms with Crippen molar-refractivity contribution in [2.75, 3.05) is 19.1 Å². The Bertz CT molecular complexity index is 427. The van der Waals surface area contributed by atoms with E-state index in [-0.39, 0.29) is 7.69 Å². The molecule has 0 heterocycles. The zero-order valence-corrected chi connectivity index (χ0v) is 9.78. The first kappa shape index (κ1) is 14.0. The van der Waals surface area contributed by atoms with E-state index in [1.807, 2.05) is 6.07 Å². The van der Waals surface area contributed by atoms with Gasteiger partial charge in [0.05, 0.1) is 19.9 Å². The van der Waals surface area contributed by atoms with Crippen molar-refractivity contribution in [1.82, 2.24) is 0 Å². The normalized spacial score (nSPS) is 9.56. The van der Waals surface area contributed by atoms with E-state index >= 15 is 0 Å². The molecule has 8 heteroatoms. The predicted octanol–water partition coefficient (Wildman–Crippen LogP) is 0.511. The number of hydrogen-bond acceptors (Lipinski definition) is 6. The first-order chi connectivity index (χ1) is 8.58. The molecule has 0 aromatic rings. The number of benzene rings is 1. The van der Waals surface area contributed by atoms with E-state index < -0.39 is 12.2 Å². The fraction of sp³-hybridized carbons (Fsp3) is 0.200. The zero-order valence-electron chi connectivity index (χ0n) is 9.78. The van der Waals surface area contributed by atoms with Crippen LogP contribution >= 0.6 is 0 Å². The SMILES string of the molecule is COC(=O)N(C(=O)OC)c1cc2cc-2c1.O[B]O. The number of carbonyl (C=O) groups is 2. The molecule has 0 unspecified atom stereocenters. The summed E-state index contributed by atoms with van der Waals surface area (Å²) in [7, 11) is 2.42. The Labute approximate surface area is 104 Å². The van der Waals surface area contributed by atoms with Crippen LogP contribution in [0.25, 0.3) is 11.1 Å². The Balaban J connectivity index is 0.000000492. The van der Waals surface area contributed by atoms with E-state index in [4.69, 9.17) is 10.0 Å².